The van der Waals surface area contributed by atoms with Crippen molar-refractivity contribution in [1.82, 2.24) is 25.1 Å². The molecule has 3 aliphatic heterocycles. The Balaban J connectivity index is 1.37. The molecule has 234 valence electrons. The van der Waals surface area contributed by atoms with Crippen LogP contribution in [-0.4, -0.2) is 89.4 Å². The molecule has 0 aliphatic carbocycles. The quantitative estimate of drug-likeness (QED) is 0.313. The van der Waals surface area contributed by atoms with Gasteiger partial charge in [0, 0.05) is 54.9 Å². The highest BCUT2D eigenvalue weighted by Crippen LogP contribution is 2.37. The molecule has 11 heteroatoms. The summed E-state index contributed by atoms with van der Waals surface area (Å²) in [5.74, 6) is 0.210. The monoisotopic (exact) mass is 602 g/mol. The van der Waals surface area contributed by atoms with Crippen LogP contribution < -0.4 is 19.7 Å². The first-order valence-electron chi connectivity index (χ1n) is 15.5. The summed E-state index contributed by atoms with van der Waals surface area (Å²) in [5.41, 5.74) is 2.84. The third-order valence-corrected chi connectivity index (χ3v) is 8.93. The number of likely N-dealkylation sites (tertiary alicyclic amines) is 1. The average molecular weight is 603 g/mol. The van der Waals surface area contributed by atoms with Gasteiger partial charge in [0.1, 0.15) is 12.4 Å². The summed E-state index contributed by atoms with van der Waals surface area (Å²) < 4.78 is 12.1. The topological polar surface area (TPSA) is 120 Å². The molecular formula is C33H42N6O5. The Bertz CT molecular complexity index is 1560. The zero-order valence-corrected chi connectivity index (χ0v) is 26.0. The molecule has 2 aromatic carbocycles. The second kappa shape index (κ2) is 12.2. The highest BCUT2D eigenvalue weighted by molar-refractivity contribution is 5.96. The van der Waals surface area contributed by atoms with Gasteiger partial charge in [-0.1, -0.05) is 24.3 Å². The van der Waals surface area contributed by atoms with Gasteiger partial charge in [-0.3, -0.25) is 9.69 Å². The maximum absolute atomic E-state index is 12.8. The van der Waals surface area contributed by atoms with Crippen LogP contribution in [0.4, 0.5) is 10.5 Å². The van der Waals surface area contributed by atoms with E-state index >= 15 is 0 Å². The number of aromatic nitrogens is 2. The number of amides is 1. The molecule has 2 atom stereocenters. The number of carbonyl (C=O) groups excluding carboxylic acids is 1. The average Bonchev–Trinajstić information content (AvgIpc) is 3.42. The standard InChI is InChI=1S/C33H42N6O5/c1-33(2,3)30(40)44-23-16-21-8-5-6-10-24(21)27(17-23)38-14-11-25-26(19-38)35-31(43-20-22-9-7-13-37(22)4)36-29(25)28-18-34-12-15-39(28)32(41)42/h5-6,8,10,16-17,22,28,34H,7,9,11-15,18-20H2,1-4H3,(H,41,42)/t22-,28?/m0/s1. The van der Waals surface area contributed by atoms with Crippen LogP contribution in [0.3, 0.4) is 0 Å². The molecule has 1 amide bonds. The van der Waals surface area contributed by atoms with Gasteiger partial charge in [-0.25, -0.2) is 4.79 Å². The van der Waals surface area contributed by atoms with E-state index in [0.29, 0.717) is 57.5 Å². The molecule has 0 bridgehead atoms. The van der Waals surface area contributed by atoms with E-state index in [-0.39, 0.29) is 12.0 Å². The fourth-order valence-electron chi connectivity index (χ4n) is 6.36. The predicted molar refractivity (Wildman–Crippen MR) is 167 cm³/mol. The van der Waals surface area contributed by atoms with Crippen molar-refractivity contribution in [2.45, 2.75) is 58.7 Å². The molecule has 1 unspecified atom stereocenters. The van der Waals surface area contributed by atoms with E-state index in [2.05, 4.69) is 28.2 Å². The summed E-state index contributed by atoms with van der Waals surface area (Å²) in [6, 6.07) is 12.1. The lowest BCUT2D eigenvalue weighted by molar-refractivity contribution is -0.142. The van der Waals surface area contributed by atoms with Crippen LogP contribution in [0.25, 0.3) is 10.8 Å². The van der Waals surface area contributed by atoms with Crippen LogP contribution in [0.1, 0.15) is 56.6 Å². The lowest BCUT2D eigenvalue weighted by atomic mass is 9.96. The number of nitrogens with one attached hydrogen (secondary N) is 1. The van der Waals surface area contributed by atoms with Crippen molar-refractivity contribution in [3.63, 3.8) is 0 Å². The fraction of sp³-hybridized carbons (Fsp3) is 0.515. The van der Waals surface area contributed by atoms with Gasteiger partial charge in [0.2, 0.25) is 0 Å². The van der Waals surface area contributed by atoms with Crippen molar-refractivity contribution >= 4 is 28.5 Å². The van der Waals surface area contributed by atoms with Crippen molar-refractivity contribution in [1.29, 1.82) is 0 Å². The zero-order valence-electron chi connectivity index (χ0n) is 26.0. The number of rotatable bonds is 6. The summed E-state index contributed by atoms with van der Waals surface area (Å²) >= 11 is 0. The molecule has 4 heterocycles. The Morgan fingerprint density at radius 3 is 2.68 bits per heavy atom. The third-order valence-electron chi connectivity index (χ3n) is 8.93. The second-order valence-electron chi connectivity index (χ2n) is 13.1. The number of anilines is 1. The van der Waals surface area contributed by atoms with Gasteiger partial charge in [-0.2, -0.15) is 9.97 Å². The van der Waals surface area contributed by atoms with Crippen LogP contribution in [0.5, 0.6) is 11.8 Å². The van der Waals surface area contributed by atoms with Crippen molar-refractivity contribution in [2.75, 3.05) is 51.3 Å². The number of ether oxygens (including phenoxy) is 2. The zero-order chi connectivity index (χ0) is 31.0. The molecule has 0 saturated carbocycles. The van der Waals surface area contributed by atoms with E-state index in [1.807, 2.05) is 51.1 Å². The largest absolute Gasteiger partial charge is 0.465 e. The Morgan fingerprint density at radius 1 is 1.11 bits per heavy atom. The minimum atomic E-state index is -0.954. The summed E-state index contributed by atoms with van der Waals surface area (Å²) in [6.45, 7) is 9.67. The number of likely N-dealkylation sites (N-methyl/N-ethyl adjacent to an activating group) is 1. The van der Waals surface area contributed by atoms with Crippen molar-refractivity contribution < 1.29 is 24.2 Å². The van der Waals surface area contributed by atoms with E-state index in [4.69, 9.17) is 19.4 Å². The van der Waals surface area contributed by atoms with Crippen LogP contribution in [-0.2, 0) is 17.8 Å². The number of hydrogen-bond acceptors (Lipinski definition) is 9. The molecule has 2 saturated heterocycles. The Hall–Kier alpha value is -3.96. The molecule has 0 spiro atoms. The first-order chi connectivity index (χ1) is 21.1. The van der Waals surface area contributed by atoms with Gasteiger partial charge in [-0.15, -0.1) is 0 Å². The van der Waals surface area contributed by atoms with Crippen LogP contribution in [0.15, 0.2) is 36.4 Å². The molecule has 2 fully saturated rings. The molecule has 3 aliphatic rings. The van der Waals surface area contributed by atoms with Gasteiger partial charge in [-0.05, 0) is 65.1 Å². The molecule has 6 rings (SSSR count). The number of carboxylic acid groups (broad SMARTS) is 1. The van der Waals surface area contributed by atoms with Gasteiger partial charge in [0.25, 0.3) is 0 Å². The fourth-order valence-corrected chi connectivity index (χ4v) is 6.36. The maximum atomic E-state index is 12.8. The Kier molecular flexibility index (Phi) is 8.34. The number of esters is 1. The number of benzene rings is 2. The van der Waals surface area contributed by atoms with Crippen LogP contribution in [0.2, 0.25) is 0 Å². The third kappa shape index (κ3) is 6.16. The molecule has 1 aromatic heterocycles. The van der Waals surface area contributed by atoms with Crippen molar-refractivity contribution in [3.05, 3.63) is 53.3 Å². The maximum Gasteiger partial charge on any atom is 0.407 e. The van der Waals surface area contributed by atoms with E-state index in [1.165, 1.54) is 4.90 Å². The van der Waals surface area contributed by atoms with E-state index in [0.717, 1.165) is 52.8 Å². The number of carbonyl (C=O) groups is 2. The lowest BCUT2D eigenvalue weighted by Gasteiger charge is -2.37. The smallest absolute Gasteiger partial charge is 0.407 e. The highest BCUT2D eigenvalue weighted by atomic mass is 16.5. The SMILES string of the molecule is CN1CCC[C@H]1COc1nc2c(c(C3CNCCN3C(=O)O)n1)CCN(c1cc(OC(=O)C(C)(C)C)cc3ccccc13)C2. The summed E-state index contributed by atoms with van der Waals surface area (Å²) in [4.78, 5) is 40.8. The van der Waals surface area contributed by atoms with Gasteiger partial charge < -0.3 is 29.7 Å². The Labute approximate surface area is 258 Å². The van der Waals surface area contributed by atoms with Gasteiger partial charge in [0.05, 0.1) is 29.4 Å². The second-order valence-corrected chi connectivity index (χ2v) is 13.1. The van der Waals surface area contributed by atoms with E-state index < -0.39 is 17.6 Å². The highest BCUT2D eigenvalue weighted by Gasteiger charge is 2.35. The predicted octanol–water partition coefficient (Wildman–Crippen LogP) is 4.24. The number of hydrogen-bond donors (Lipinski definition) is 2. The summed E-state index contributed by atoms with van der Waals surface area (Å²) in [5, 5.41) is 15.4. The van der Waals surface area contributed by atoms with Gasteiger partial charge in [0.15, 0.2) is 0 Å². The molecule has 3 aromatic rings. The molecule has 0 radical (unpaired) electrons. The van der Waals surface area contributed by atoms with Crippen molar-refractivity contribution in [3.8, 4) is 11.8 Å². The summed E-state index contributed by atoms with van der Waals surface area (Å²) in [7, 11) is 2.10. The first-order valence-corrected chi connectivity index (χ1v) is 15.5. The first kappa shape index (κ1) is 30.1. The Morgan fingerprint density at radius 2 is 1.93 bits per heavy atom. The summed E-state index contributed by atoms with van der Waals surface area (Å²) in [6.07, 6.45) is 1.88. The van der Waals surface area contributed by atoms with Crippen molar-refractivity contribution in [2.24, 2.45) is 5.41 Å². The number of fused-ring (bicyclic) bond motifs is 2. The van der Waals surface area contributed by atoms with E-state index in [9.17, 15) is 14.7 Å². The number of nitrogens with zero attached hydrogens (tertiary/aromatic N) is 5. The van der Waals surface area contributed by atoms with Crippen LogP contribution in [0, 0.1) is 5.41 Å². The minimum Gasteiger partial charge on any atom is -0.465 e. The molecule has 11 nitrogen and oxygen atoms in total. The normalized spacial score (nSPS) is 20.9. The number of piperazine rings is 1. The molecule has 2 N–H and O–H groups in total. The minimum absolute atomic E-state index is 0.287. The van der Waals surface area contributed by atoms with Crippen LogP contribution >= 0.6 is 0 Å². The molecular weight excluding hydrogens is 560 g/mol. The molecule has 44 heavy (non-hydrogen) atoms. The lowest BCUT2D eigenvalue weighted by Crippen LogP contribution is -2.49. The van der Waals surface area contributed by atoms with E-state index in [1.54, 1.807) is 0 Å². The van der Waals surface area contributed by atoms with Gasteiger partial charge >= 0.3 is 18.1 Å².